The van der Waals surface area contributed by atoms with Crippen LogP contribution in [-0.4, -0.2) is 73.1 Å². The normalized spacial score (nSPS) is 17.8. The molecule has 2 aromatic heterocycles. The van der Waals surface area contributed by atoms with E-state index >= 15 is 0 Å². The SMILES string of the molecule is Cc1nc(C)n(-c2nc(N3CCN(C(=O)N4N=CC[C@H]4c4cc(F)cc(F)c4F)CC3)ncc2F)n1. The number of urea groups is 1. The first-order valence-electron chi connectivity index (χ1n) is 11.2. The number of anilines is 1. The Labute approximate surface area is 202 Å². The molecule has 188 valence electrons. The molecule has 2 aliphatic rings. The lowest BCUT2D eigenvalue weighted by atomic mass is 10.0. The molecule has 1 atom stereocenters. The third-order valence-corrected chi connectivity index (χ3v) is 6.03. The molecular formula is C22H21F4N9O. The van der Waals surface area contributed by atoms with Gasteiger partial charge in [0, 0.05) is 50.4 Å². The van der Waals surface area contributed by atoms with Crippen molar-refractivity contribution in [1.82, 2.24) is 34.6 Å². The standard InChI is InChI=1S/C22H21F4N9O/c1-12-29-13(2)34(31-12)20-17(25)11-27-21(30-20)32-5-7-33(8-6-32)22(36)35-18(3-4-28-35)15-9-14(23)10-16(24)19(15)26/h4,9-11,18H,3,5-8H2,1-2H3/t18-/m0/s1. The molecule has 2 aliphatic heterocycles. The van der Waals surface area contributed by atoms with Gasteiger partial charge in [-0.15, -0.1) is 5.10 Å². The highest BCUT2D eigenvalue weighted by Gasteiger charge is 2.35. The molecule has 0 N–H and O–H groups in total. The number of hydrogen-bond acceptors (Lipinski definition) is 7. The summed E-state index contributed by atoms with van der Waals surface area (Å²) in [4.78, 5) is 29.0. The van der Waals surface area contributed by atoms with Crippen LogP contribution in [0.1, 0.15) is 29.7 Å². The molecule has 2 amide bonds. The summed E-state index contributed by atoms with van der Waals surface area (Å²) in [5, 5.41) is 9.23. The number of carbonyl (C=O) groups excluding carboxylic acids is 1. The molecule has 14 heteroatoms. The lowest BCUT2D eigenvalue weighted by Gasteiger charge is -2.37. The summed E-state index contributed by atoms with van der Waals surface area (Å²) in [6.07, 6.45) is 2.59. The number of aryl methyl sites for hydroxylation is 2. The molecular weight excluding hydrogens is 482 g/mol. The van der Waals surface area contributed by atoms with Crippen molar-refractivity contribution in [3.8, 4) is 5.82 Å². The Morgan fingerprint density at radius 2 is 1.75 bits per heavy atom. The summed E-state index contributed by atoms with van der Waals surface area (Å²) >= 11 is 0. The summed E-state index contributed by atoms with van der Waals surface area (Å²) < 4.78 is 57.6. The maximum Gasteiger partial charge on any atom is 0.341 e. The minimum Gasteiger partial charge on any atom is -0.337 e. The van der Waals surface area contributed by atoms with Gasteiger partial charge in [-0.1, -0.05) is 0 Å². The number of halogens is 4. The largest absolute Gasteiger partial charge is 0.341 e. The second kappa shape index (κ2) is 9.17. The number of nitrogens with zero attached hydrogens (tertiary/aromatic N) is 9. The zero-order chi connectivity index (χ0) is 25.6. The van der Waals surface area contributed by atoms with E-state index < -0.39 is 35.3 Å². The van der Waals surface area contributed by atoms with Crippen LogP contribution in [0.4, 0.5) is 28.3 Å². The summed E-state index contributed by atoms with van der Waals surface area (Å²) in [7, 11) is 0. The second-order valence-electron chi connectivity index (χ2n) is 8.40. The average molecular weight is 503 g/mol. The van der Waals surface area contributed by atoms with E-state index in [4.69, 9.17) is 0 Å². The van der Waals surface area contributed by atoms with E-state index in [0.717, 1.165) is 17.3 Å². The van der Waals surface area contributed by atoms with Crippen molar-refractivity contribution in [1.29, 1.82) is 0 Å². The van der Waals surface area contributed by atoms with E-state index in [0.29, 0.717) is 30.8 Å². The highest BCUT2D eigenvalue weighted by molar-refractivity contribution is 5.78. The van der Waals surface area contributed by atoms with Gasteiger partial charge in [0.05, 0.1) is 12.2 Å². The molecule has 3 aromatic rings. The van der Waals surface area contributed by atoms with Crippen LogP contribution in [0.3, 0.4) is 0 Å². The molecule has 0 spiro atoms. The Bertz CT molecular complexity index is 1350. The van der Waals surface area contributed by atoms with Gasteiger partial charge in [0.25, 0.3) is 0 Å². The first-order valence-corrected chi connectivity index (χ1v) is 11.2. The maximum atomic E-state index is 14.4. The summed E-state index contributed by atoms with van der Waals surface area (Å²) in [5.41, 5.74) is -0.275. The molecule has 1 fully saturated rings. The highest BCUT2D eigenvalue weighted by atomic mass is 19.2. The minimum atomic E-state index is -1.33. The van der Waals surface area contributed by atoms with E-state index in [1.807, 2.05) is 0 Å². The van der Waals surface area contributed by atoms with Gasteiger partial charge in [-0.2, -0.15) is 14.8 Å². The third-order valence-electron chi connectivity index (χ3n) is 6.03. The van der Waals surface area contributed by atoms with E-state index in [-0.39, 0.29) is 36.8 Å². The fraction of sp³-hybridized carbons (Fsp3) is 0.364. The molecule has 0 bridgehead atoms. The number of hydrogen-bond donors (Lipinski definition) is 0. The van der Waals surface area contributed by atoms with E-state index in [2.05, 4.69) is 25.2 Å². The lowest BCUT2D eigenvalue weighted by molar-refractivity contribution is 0.138. The average Bonchev–Trinajstić information content (AvgIpc) is 3.47. The van der Waals surface area contributed by atoms with Crippen molar-refractivity contribution < 1.29 is 22.4 Å². The van der Waals surface area contributed by atoms with Gasteiger partial charge in [0.2, 0.25) is 5.95 Å². The summed E-state index contributed by atoms with van der Waals surface area (Å²) in [6.45, 7) is 4.52. The fourth-order valence-corrected chi connectivity index (χ4v) is 4.29. The molecule has 0 aliphatic carbocycles. The van der Waals surface area contributed by atoms with E-state index in [1.165, 1.54) is 15.8 Å². The highest BCUT2D eigenvalue weighted by Crippen LogP contribution is 2.32. The number of hydrazone groups is 1. The first kappa shape index (κ1) is 23.6. The molecule has 36 heavy (non-hydrogen) atoms. The van der Waals surface area contributed by atoms with Gasteiger partial charge < -0.3 is 9.80 Å². The van der Waals surface area contributed by atoms with Gasteiger partial charge in [-0.05, 0) is 19.9 Å². The van der Waals surface area contributed by atoms with Gasteiger partial charge in [0.15, 0.2) is 23.3 Å². The van der Waals surface area contributed by atoms with Crippen molar-refractivity contribution in [3.63, 3.8) is 0 Å². The number of piperazine rings is 1. The Morgan fingerprint density at radius 1 is 1.00 bits per heavy atom. The quantitative estimate of drug-likeness (QED) is 0.403. The molecule has 1 saturated heterocycles. The molecule has 1 aromatic carbocycles. The number of aromatic nitrogens is 5. The van der Waals surface area contributed by atoms with Crippen molar-refractivity contribution >= 4 is 18.2 Å². The lowest BCUT2D eigenvalue weighted by Crippen LogP contribution is -2.52. The maximum absolute atomic E-state index is 14.4. The van der Waals surface area contributed by atoms with Crippen molar-refractivity contribution in [2.75, 3.05) is 31.1 Å². The number of amides is 2. The van der Waals surface area contributed by atoms with E-state index in [1.54, 1.807) is 18.7 Å². The molecule has 4 heterocycles. The predicted molar refractivity (Wildman–Crippen MR) is 120 cm³/mol. The van der Waals surface area contributed by atoms with Crippen LogP contribution in [-0.2, 0) is 0 Å². The first-order chi connectivity index (χ1) is 17.2. The smallest absolute Gasteiger partial charge is 0.337 e. The summed E-state index contributed by atoms with van der Waals surface area (Å²) in [6, 6.07) is -0.156. The molecule has 10 nitrogen and oxygen atoms in total. The van der Waals surface area contributed by atoms with Crippen LogP contribution in [0.25, 0.3) is 5.82 Å². The predicted octanol–water partition coefficient (Wildman–Crippen LogP) is 2.91. The topological polar surface area (TPSA) is 95.6 Å². The zero-order valence-electron chi connectivity index (χ0n) is 19.4. The molecule has 5 rings (SSSR count). The fourth-order valence-electron chi connectivity index (χ4n) is 4.29. The minimum absolute atomic E-state index is 0.0322. The van der Waals surface area contributed by atoms with Crippen LogP contribution in [0.5, 0.6) is 0 Å². The number of carbonyl (C=O) groups is 1. The van der Waals surface area contributed by atoms with Crippen LogP contribution in [0.15, 0.2) is 23.4 Å². The summed E-state index contributed by atoms with van der Waals surface area (Å²) in [5.74, 6) is -2.95. The van der Waals surface area contributed by atoms with Gasteiger partial charge in [0.1, 0.15) is 17.5 Å². The van der Waals surface area contributed by atoms with E-state index in [9.17, 15) is 22.4 Å². The molecule has 0 saturated carbocycles. The van der Waals surface area contributed by atoms with Crippen LogP contribution in [0.2, 0.25) is 0 Å². The Morgan fingerprint density at radius 3 is 2.44 bits per heavy atom. The van der Waals surface area contributed by atoms with Crippen molar-refractivity contribution in [2.45, 2.75) is 26.3 Å². The van der Waals surface area contributed by atoms with Gasteiger partial charge in [-0.3, -0.25) is 0 Å². The number of benzene rings is 1. The van der Waals surface area contributed by atoms with Crippen molar-refractivity contribution in [2.24, 2.45) is 5.10 Å². The third kappa shape index (κ3) is 4.22. The molecule has 0 radical (unpaired) electrons. The van der Waals surface area contributed by atoms with Crippen LogP contribution >= 0.6 is 0 Å². The monoisotopic (exact) mass is 503 g/mol. The number of rotatable bonds is 3. The van der Waals surface area contributed by atoms with Crippen LogP contribution < -0.4 is 4.90 Å². The Kier molecular flexibility index (Phi) is 6.02. The second-order valence-corrected chi connectivity index (χ2v) is 8.40. The molecule has 0 unspecified atom stereocenters. The Hall–Kier alpha value is -4.10. The Balaban J connectivity index is 1.29. The van der Waals surface area contributed by atoms with Crippen LogP contribution in [0, 0.1) is 37.1 Å². The van der Waals surface area contributed by atoms with Gasteiger partial charge >= 0.3 is 6.03 Å². The van der Waals surface area contributed by atoms with Gasteiger partial charge in [-0.25, -0.2) is 37.3 Å². The zero-order valence-corrected chi connectivity index (χ0v) is 19.4. The van der Waals surface area contributed by atoms with Crippen molar-refractivity contribution in [3.05, 3.63) is 58.8 Å².